The zero-order valence-corrected chi connectivity index (χ0v) is 12.1. The van der Waals surface area contributed by atoms with Crippen LogP contribution in [0.15, 0.2) is 61.2 Å². The topological polar surface area (TPSA) is 80.8 Å². The predicted octanol–water partition coefficient (Wildman–Crippen LogP) is 2.42. The number of carbonyl (C=O) groups excluding carboxylic acids is 1. The van der Waals surface area contributed by atoms with E-state index in [1.165, 1.54) is 6.33 Å². The molecule has 0 aliphatic rings. The molecule has 0 radical (unpaired) electrons. The van der Waals surface area contributed by atoms with E-state index in [9.17, 15) is 4.79 Å². The van der Waals surface area contributed by atoms with Crippen LogP contribution in [0.3, 0.4) is 0 Å². The quantitative estimate of drug-likeness (QED) is 0.546. The van der Waals surface area contributed by atoms with Crippen LogP contribution in [0.1, 0.15) is 21.5 Å². The van der Waals surface area contributed by atoms with Gasteiger partial charge in [-0.1, -0.05) is 12.1 Å². The minimum Gasteiger partial charge on any atom is -0.423 e. The number of ether oxygens (including phenoxy) is 1. The Hall–Kier alpha value is -3.46. The first kappa shape index (κ1) is 14.5. The normalized spacial score (nSPS) is 10.0. The molecule has 0 aliphatic heterocycles. The molecule has 1 heterocycles. The molecular formula is C17H12N4O2. The predicted molar refractivity (Wildman–Crippen MR) is 81.7 cm³/mol. The van der Waals surface area contributed by atoms with Gasteiger partial charge in [0.15, 0.2) is 0 Å². The number of aromatic nitrogens is 3. The highest BCUT2D eigenvalue weighted by molar-refractivity contribution is 5.91. The van der Waals surface area contributed by atoms with Gasteiger partial charge in [-0.3, -0.25) is 0 Å². The molecule has 0 fully saturated rings. The molecule has 0 bridgehead atoms. The number of carbonyl (C=O) groups is 1. The molecule has 0 N–H and O–H groups in total. The standard InChI is InChI=1S/C17H12N4O2/c18-9-13-3-7-16(8-4-13)23-17(22)15-5-1-14(2-6-15)10-21-12-19-11-20-21/h1-8,11-12H,10H2. The van der Waals surface area contributed by atoms with Gasteiger partial charge in [0.05, 0.1) is 23.7 Å². The Morgan fingerprint density at radius 3 is 2.48 bits per heavy atom. The molecule has 3 aromatic rings. The van der Waals surface area contributed by atoms with Crippen LogP contribution in [0, 0.1) is 11.3 Å². The summed E-state index contributed by atoms with van der Waals surface area (Å²) in [5, 5.41) is 12.8. The third-order valence-electron chi connectivity index (χ3n) is 3.19. The van der Waals surface area contributed by atoms with Crippen LogP contribution >= 0.6 is 0 Å². The molecule has 2 aromatic carbocycles. The molecule has 0 saturated carbocycles. The summed E-state index contributed by atoms with van der Waals surface area (Å²) in [6.07, 6.45) is 3.11. The van der Waals surface area contributed by atoms with Crippen molar-refractivity contribution in [2.75, 3.05) is 0 Å². The van der Waals surface area contributed by atoms with Gasteiger partial charge in [0.25, 0.3) is 0 Å². The number of nitriles is 1. The molecule has 6 nitrogen and oxygen atoms in total. The van der Waals surface area contributed by atoms with Gasteiger partial charge in [-0.15, -0.1) is 0 Å². The average molecular weight is 304 g/mol. The number of rotatable bonds is 4. The molecule has 0 spiro atoms. The first-order valence-electron chi connectivity index (χ1n) is 6.88. The maximum Gasteiger partial charge on any atom is 0.343 e. The number of hydrogen-bond acceptors (Lipinski definition) is 5. The number of benzene rings is 2. The lowest BCUT2D eigenvalue weighted by atomic mass is 10.1. The fourth-order valence-electron chi connectivity index (χ4n) is 2.01. The summed E-state index contributed by atoms with van der Waals surface area (Å²) >= 11 is 0. The lowest BCUT2D eigenvalue weighted by Crippen LogP contribution is -2.09. The van der Waals surface area contributed by atoms with Gasteiger partial charge >= 0.3 is 5.97 Å². The molecule has 0 amide bonds. The molecule has 0 atom stereocenters. The van der Waals surface area contributed by atoms with E-state index < -0.39 is 5.97 Å². The largest absolute Gasteiger partial charge is 0.423 e. The fraction of sp³-hybridized carbons (Fsp3) is 0.0588. The lowest BCUT2D eigenvalue weighted by Gasteiger charge is -2.06. The van der Waals surface area contributed by atoms with E-state index in [0.29, 0.717) is 23.4 Å². The van der Waals surface area contributed by atoms with Gasteiger partial charge in [-0.2, -0.15) is 10.4 Å². The molecule has 3 rings (SSSR count). The Labute approximate surface area is 132 Å². The first-order valence-corrected chi connectivity index (χ1v) is 6.88. The molecule has 0 saturated heterocycles. The second-order valence-electron chi connectivity index (χ2n) is 4.82. The summed E-state index contributed by atoms with van der Waals surface area (Å²) in [6.45, 7) is 0.588. The van der Waals surface area contributed by atoms with E-state index in [1.54, 1.807) is 47.4 Å². The molecule has 0 unspecified atom stereocenters. The minimum atomic E-state index is -0.443. The van der Waals surface area contributed by atoms with E-state index in [4.69, 9.17) is 10.00 Å². The molecule has 1 aromatic heterocycles. The van der Waals surface area contributed by atoms with Crippen molar-refractivity contribution in [2.45, 2.75) is 6.54 Å². The van der Waals surface area contributed by atoms with Crippen LogP contribution in [0.5, 0.6) is 5.75 Å². The summed E-state index contributed by atoms with van der Waals surface area (Å²) in [5.74, 6) is -0.0392. The zero-order valence-electron chi connectivity index (χ0n) is 12.1. The molecule has 6 heteroatoms. The fourth-order valence-corrected chi connectivity index (χ4v) is 2.01. The Kier molecular flexibility index (Phi) is 4.11. The van der Waals surface area contributed by atoms with Gasteiger partial charge in [-0.05, 0) is 42.0 Å². The number of esters is 1. The maximum absolute atomic E-state index is 12.1. The third kappa shape index (κ3) is 3.60. The van der Waals surface area contributed by atoms with Crippen molar-refractivity contribution in [2.24, 2.45) is 0 Å². The van der Waals surface area contributed by atoms with Crippen molar-refractivity contribution in [1.29, 1.82) is 5.26 Å². The van der Waals surface area contributed by atoms with Crippen LogP contribution in [0.25, 0.3) is 0 Å². The van der Waals surface area contributed by atoms with Crippen LogP contribution < -0.4 is 4.74 Å². The summed E-state index contributed by atoms with van der Waals surface area (Å²) in [5.41, 5.74) is 1.98. The van der Waals surface area contributed by atoms with Crippen molar-refractivity contribution >= 4 is 5.97 Å². The smallest absolute Gasteiger partial charge is 0.343 e. The Bertz CT molecular complexity index is 832. The van der Waals surface area contributed by atoms with Crippen molar-refractivity contribution in [3.8, 4) is 11.8 Å². The van der Waals surface area contributed by atoms with Crippen molar-refractivity contribution in [3.63, 3.8) is 0 Å². The van der Waals surface area contributed by atoms with Gasteiger partial charge in [0.1, 0.15) is 18.4 Å². The van der Waals surface area contributed by atoms with Crippen LogP contribution in [0.4, 0.5) is 0 Å². The number of hydrogen-bond donors (Lipinski definition) is 0. The van der Waals surface area contributed by atoms with E-state index >= 15 is 0 Å². The maximum atomic E-state index is 12.1. The van der Waals surface area contributed by atoms with Crippen molar-refractivity contribution in [1.82, 2.24) is 14.8 Å². The highest BCUT2D eigenvalue weighted by Gasteiger charge is 2.08. The lowest BCUT2D eigenvalue weighted by molar-refractivity contribution is 0.0735. The highest BCUT2D eigenvalue weighted by atomic mass is 16.5. The molecular weight excluding hydrogens is 292 g/mol. The van der Waals surface area contributed by atoms with E-state index in [0.717, 1.165) is 5.56 Å². The Balaban J connectivity index is 1.66. The van der Waals surface area contributed by atoms with Crippen molar-refractivity contribution < 1.29 is 9.53 Å². The molecule has 23 heavy (non-hydrogen) atoms. The third-order valence-corrected chi connectivity index (χ3v) is 3.19. The Morgan fingerprint density at radius 2 is 1.87 bits per heavy atom. The highest BCUT2D eigenvalue weighted by Crippen LogP contribution is 2.14. The van der Waals surface area contributed by atoms with Crippen molar-refractivity contribution in [3.05, 3.63) is 77.9 Å². The summed E-state index contributed by atoms with van der Waals surface area (Å²) < 4.78 is 6.97. The van der Waals surface area contributed by atoms with Gasteiger partial charge in [0, 0.05) is 0 Å². The second-order valence-corrected chi connectivity index (χ2v) is 4.82. The van der Waals surface area contributed by atoms with Crippen LogP contribution in [-0.4, -0.2) is 20.7 Å². The van der Waals surface area contributed by atoms with Crippen LogP contribution in [0.2, 0.25) is 0 Å². The van der Waals surface area contributed by atoms with Gasteiger partial charge < -0.3 is 4.74 Å². The summed E-state index contributed by atoms with van der Waals surface area (Å²) in [7, 11) is 0. The van der Waals surface area contributed by atoms with Gasteiger partial charge in [-0.25, -0.2) is 14.5 Å². The first-order chi connectivity index (χ1) is 11.2. The SMILES string of the molecule is N#Cc1ccc(OC(=O)c2ccc(Cn3cncn3)cc2)cc1. The summed E-state index contributed by atoms with van der Waals surface area (Å²) in [4.78, 5) is 16.0. The monoisotopic (exact) mass is 304 g/mol. The molecule has 0 aliphatic carbocycles. The van der Waals surface area contributed by atoms with E-state index in [2.05, 4.69) is 10.1 Å². The summed E-state index contributed by atoms with van der Waals surface area (Å²) in [6, 6.07) is 15.5. The van der Waals surface area contributed by atoms with E-state index in [-0.39, 0.29) is 0 Å². The zero-order chi connectivity index (χ0) is 16.1. The second kappa shape index (κ2) is 6.54. The van der Waals surface area contributed by atoms with Gasteiger partial charge in [0.2, 0.25) is 0 Å². The minimum absolute atomic E-state index is 0.403. The van der Waals surface area contributed by atoms with Crippen LogP contribution in [-0.2, 0) is 6.54 Å². The molecule has 112 valence electrons. The van der Waals surface area contributed by atoms with E-state index in [1.807, 2.05) is 18.2 Å². The number of nitrogens with zero attached hydrogens (tertiary/aromatic N) is 4. The average Bonchev–Trinajstić information content (AvgIpc) is 3.09. The Morgan fingerprint density at radius 1 is 1.13 bits per heavy atom.